The zero-order valence-corrected chi connectivity index (χ0v) is 12.1. The van der Waals surface area contributed by atoms with Crippen LogP contribution < -0.4 is 23.7 Å². The fraction of sp³-hybridized carbons (Fsp3) is 0. The van der Waals surface area contributed by atoms with E-state index in [9.17, 15) is 14.0 Å². The van der Waals surface area contributed by atoms with E-state index in [1.807, 2.05) is 54.6 Å². The zero-order chi connectivity index (χ0) is 13.5. The van der Waals surface area contributed by atoms with Crippen LogP contribution in [0.2, 0.25) is 0 Å². The van der Waals surface area contributed by atoms with E-state index in [1.54, 1.807) is 0 Å². The molecule has 0 amide bonds. The van der Waals surface area contributed by atoms with Crippen molar-refractivity contribution in [3.63, 3.8) is 0 Å². The van der Waals surface area contributed by atoms with Gasteiger partial charge in [0.2, 0.25) is 0 Å². The predicted molar refractivity (Wildman–Crippen MR) is 61.4 cm³/mol. The summed E-state index contributed by atoms with van der Waals surface area (Å²) in [4.78, 5) is 0. The van der Waals surface area contributed by atoms with Gasteiger partial charge in [0.05, 0.1) is 0 Å². The average molecular weight is 344 g/mol. The molecule has 0 bridgehead atoms. The van der Waals surface area contributed by atoms with Crippen LogP contribution in [-0.4, -0.2) is 13.8 Å². The third-order valence-electron chi connectivity index (χ3n) is 2.69. The van der Waals surface area contributed by atoms with Crippen LogP contribution in [0.5, 0.6) is 0 Å². The Morgan fingerprint density at radius 3 is 2.37 bits per heavy atom. The second-order valence-corrected chi connectivity index (χ2v) is 8.58. The molecule has 1 unspecified atom stereocenters. The van der Waals surface area contributed by atoms with E-state index in [4.69, 9.17) is 3.37 Å². The van der Waals surface area contributed by atoms with Crippen molar-refractivity contribution < 1.29 is 27.6 Å². The summed E-state index contributed by atoms with van der Waals surface area (Å²) in [7, 11) is -4.43. The molecule has 0 aromatic heterocycles. The first-order valence-corrected chi connectivity index (χ1v) is 9.07. The Morgan fingerprint density at radius 2 is 1.58 bits per heavy atom. The minimum absolute atomic E-state index is 0.799. The van der Waals surface area contributed by atoms with Gasteiger partial charge in [-0.1, -0.05) is 0 Å². The SMILES string of the molecule is [O-][Cl+3]([O-])([O-])O[Se]1=c2ccccc2=Cc2ccccc21. The Labute approximate surface area is 115 Å². The van der Waals surface area contributed by atoms with Gasteiger partial charge in [0.15, 0.2) is 0 Å². The summed E-state index contributed by atoms with van der Waals surface area (Å²) >= 11 is -2.33. The molecule has 98 valence electrons. The standard InChI is InChI=1S/C13H9ClO4Se/c15-14(16,17)18-19-12-7-3-1-5-10(12)9-11-6-2-4-8-13(11)19/h1-9H. The molecule has 4 nitrogen and oxygen atoms in total. The molecule has 1 atom stereocenters. The van der Waals surface area contributed by atoms with E-state index in [2.05, 4.69) is 0 Å². The normalized spacial score (nSPS) is 17.3. The Balaban J connectivity index is 2.33. The maximum atomic E-state index is 10.9. The molecule has 0 radical (unpaired) electrons. The Hall–Kier alpha value is -1.04. The quantitative estimate of drug-likeness (QED) is 0.564. The van der Waals surface area contributed by atoms with Gasteiger partial charge in [0, 0.05) is 0 Å². The molecule has 6 heteroatoms. The van der Waals surface area contributed by atoms with Crippen LogP contribution in [-0.2, 0) is 3.37 Å². The Morgan fingerprint density at radius 1 is 0.895 bits per heavy atom. The van der Waals surface area contributed by atoms with Crippen LogP contribution >= 0.6 is 0 Å². The summed E-state index contributed by atoms with van der Waals surface area (Å²) in [6.07, 6.45) is 1.97. The molecule has 1 heterocycles. The number of fused-ring (bicyclic) bond motifs is 2. The van der Waals surface area contributed by atoms with Crippen LogP contribution in [0.4, 0.5) is 0 Å². The Bertz CT molecular complexity index is 752. The van der Waals surface area contributed by atoms with Gasteiger partial charge in [-0.05, 0) is 0 Å². The van der Waals surface area contributed by atoms with Crippen LogP contribution in [0, 0.1) is 14.3 Å². The second-order valence-electron chi connectivity index (χ2n) is 3.93. The third kappa shape index (κ3) is 2.63. The van der Waals surface area contributed by atoms with Crippen LogP contribution in [0.1, 0.15) is 5.56 Å². The molecule has 2 aromatic carbocycles. The van der Waals surface area contributed by atoms with E-state index in [1.165, 1.54) is 0 Å². The fourth-order valence-corrected chi connectivity index (χ4v) is 6.86. The van der Waals surface area contributed by atoms with E-state index in [0.29, 0.717) is 0 Å². The van der Waals surface area contributed by atoms with Crippen molar-refractivity contribution in [3.8, 4) is 0 Å². The van der Waals surface area contributed by atoms with Gasteiger partial charge >= 0.3 is 115 Å². The van der Waals surface area contributed by atoms with Crippen molar-refractivity contribution in [1.82, 2.24) is 0 Å². The second kappa shape index (κ2) is 4.81. The average Bonchev–Trinajstić information content (AvgIpc) is 2.37. The molecule has 1 aliphatic rings. The first-order valence-electron chi connectivity index (χ1n) is 5.42. The Kier molecular flexibility index (Phi) is 3.28. The van der Waals surface area contributed by atoms with Crippen molar-refractivity contribution >= 4 is 24.3 Å². The molecule has 0 N–H and O–H groups in total. The monoisotopic (exact) mass is 344 g/mol. The summed E-state index contributed by atoms with van der Waals surface area (Å²) in [5.41, 5.74) is 0.907. The molecular formula is C13H9ClO4Se. The molecule has 0 aliphatic carbocycles. The summed E-state index contributed by atoms with van der Waals surface area (Å²) in [5, 5.41) is 0.907. The van der Waals surface area contributed by atoms with Gasteiger partial charge in [-0.3, -0.25) is 0 Å². The van der Waals surface area contributed by atoms with Crippen molar-refractivity contribution in [2.45, 2.75) is 0 Å². The van der Waals surface area contributed by atoms with Crippen molar-refractivity contribution in [2.75, 3.05) is 0 Å². The van der Waals surface area contributed by atoms with Crippen molar-refractivity contribution in [3.05, 3.63) is 63.4 Å². The van der Waals surface area contributed by atoms with Gasteiger partial charge in [-0.2, -0.15) is 0 Å². The third-order valence-corrected chi connectivity index (χ3v) is 7.97. The minimum atomic E-state index is -4.43. The molecular weight excluding hydrogens is 335 g/mol. The van der Waals surface area contributed by atoms with E-state index >= 15 is 0 Å². The topological polar surface area (TPSA) is 78.4 Å². The number of hydrogen-bond donors (Lipinski definition) is 0. The molecule has 3 rings (SSSR count). The van der Waals surface area contributed by atoms with Crippen molar-refractivity contribution in [2.24, 2.45) is 0 Å². The molecule has 1 aliphatic heterocycles. The van der Waals surface area contributed by atoms with Crippen LogP contribution in [0.3, 0.4) is 0 Å². The summed E-state index contributed by atoms with van der Waals surface area (Å²) in [6.45, 7) is 0. The van der Waals surface area contributed by atoms with Crippen LogP contribution in [0.25, 0.3) is 6.08 Å². The van der Waals surface area contributed by atoms with Crippen LogP contribution in [0.15, 0.2) is 48.5 Å². The van der Waals surface area contributed by atoms with Gasteiger partial charge in [0.1, 0.15) is 0 Å². The van der Waals surface area contributed by atoms with Gasteiger partial charge in [-0.15, -0.1) is 0 Å². The maximum absolute atomic E-state index is 10.9. The molecule has 0 saturated heterocycles. The fourth-order valence-electron chi connectivity index (χ4n) is 1.97. The summed E-state index contributed by atoms with van der Waals surface area (Å²) in [5.74, 6) is 0. The van der Waals surface area contributed by atoms with E-state index < -0.39 is 24.0 Å². The molecule has 0 saturated carbocycles. The number of rotatable bonds is 2. The number of benzene rings is 2. The summed E-state index contributed by atoms with van der Waals surface area (Å²) in [6, 6.07) is 14.8. The number of hydrogen-bond acceptors (Lipinski definition) is 4. The first kappa shape index (κ1) is 13.0. The van der Waals surface area contributed by atoms with E-state index in [-0.39, 0.29) is 0 Å². The predicted octanol–water partition coefficient (Wildman–Crippen LogP) is -2.53. The van der Waals surface area contributed by atoms with Crippen molar-refractivity contribution in [1.29, 1.82) is 0 Å². The first-order chi connectivity index (χ1) is 9.04. The summed E-state index contributed by atoms with van der Waals surface area (Å²) < 4.78 is 39.2. The number of halogens is 1. The zero-order valence-electron chi connectivity index (χ0n) is 9.62. The van der Waals surface area contributed by atoms with E-state index in [0.717, 1.165) is 19.3 Å². The molecule has 2 aromatic rings. The molecule has 0 fully saturated rings. The van der Waals surface area contributed by atoms with Gasteiger partial charge in [0.25, 0.3) is 0 Å². The molecule has 19 heavy (non-hydrogen) atoms. The van der Waals surface area contributed by atoms with Gasteiger partial charge in [-0.25, -0.2) is 0 Å². The molecule has 0 spiro atoms. The van der Waals surface area contributed by atoms with Gasteiger partial charge < -0.3 is 0 Å².